The molecule has 1 N–H and O–H groups in total. The minimum Gasteiger partial charge on any atom is -0.870 e. The van der Waals surface area contributed by atoms with Crippen LogP contribution in [0.25, 0.3) is 0 Å². The molecule has 0 bridgehead atoms. The van der Waals surface area contributed by atoms with E-state index in [4.69, 9.17) is 0 Å². The molecule has 0 aromatic heterocycles. The Labute approximate surface area is 88.6 Å². The van der Waals surface area contributed by atoms with Gasteiger partial charge in [-0.1, -0.05) is 20.8 Å². The third kappa shape index (κ3) is 93.4. The molecule has 40 valence electrons. The van der Waals surface area contributed by atoms with E-state index in [2.05, 4.69) is 27.7 Å². The van der Waals surface area contributed by atoms with Crippen LogP contribution in [-0.4, -0.2) is 5.48 Å². The van der Waals surface area contributed by atoms with Crippen molar-refractivity contribution < 1.29 is 56.9 Å². The number of hydrogen-bond donors (Lipinski definition) is 0. The van der Waals surface area contributed by atoms with Crippen LogP contribution in [0.2, 0.25) is 0 Å². The summed E-state index contributed by atoms with van der Waals surface area (Å²) in [7, 11) is 0. The van der Waals surface area contributed by atoms with E-state index in [0.717, 1.165) is 0 Å². The van der Waals surface area contributed by atoms with Crippen molar-refractivity contribution in [2.45, 2.75) is 20.8 Å². The Morgan fingerprint density at radius 1 is 1.14 bits per heavy atom. The first-order chi connectivity index (χ1) is 2.00. The maximum absolute atomic E-state index is 3.77. The van der Waals surface area contributed by atoms with E-state index >= 15 is 0 Å². The Morgan fingerprint density at radius 3 is 1.14 bits per heavy atom. The fourth-order valence-corrected chi connectivity index (χ4v) is 0. The molecule has 7 heavy (non-hydrogen) atoms. The van der Waals surface area contributed by atoms with Crippen molar-refractivity contribution in [3.63, 3.8) is 0 Å². The van der Waals surface area contributed by atoms with Crippen molar-refractivity contribution in [1.29, 1.82) is 0 Å². The van der Waals surface area contributed by atoms with Crippen molar-refractivity contribution in [2.24, 2.45) is 5.41 Å². The molecule has 0 aliphatic carbocycles. The zero-order chi connectivity index (χ0) is 4.50. The summed E-state index contributed by atoms with van der Waals surface area (Å²) in [6, 6.07) is 0. The Morgan fingerprint density at radius 2 is 1.14 bits per heavy atom. The van der Waals surface area contributed by atoms with E-state index < -0.39 is 0 Å². The van der Waals surface area contributed by atoms with Crippen LogP contribution >= 0.6 is 0 Å². The molecular formula is C5H12KO-. The second-order valence-corrected chi connectivity index (χ2v) is 2.56. The summed E-state index contributed by atoms with van der Waals surface area (Å²) >= 11 is 0. The summed E-state index contributed by atoms with van der Waals surface area (Å²) in [4.78, 5) is 0. The van der Waals surface area contributed by atoms with Crippen LogP contribution < -0.4 is 51.4 Å². The Kier molecular flexibility index (Phi) is 13.0. The molecule has 0 spiro atoms. The normalized spacial score (nSPS) is 8.57. The van der Waals surface area contributed by atoms with Gasteiger partial charge in [0.1, 0.15) is 0 Å². The zero-order valence-corrected chi connectivity index (χ0v) is 8.78. The van der Waals surface area contributed by atoms with E-state index in [1.165, 1.54) is 0 Å². The second-order valence-electron chi connectivity index (χ2n) is 2.56. The molecule has 0 fully saturated rings. The molecule has 0 saturated heterocycles. The van der Waals surface area contributed by atoms with Gasteiger partial charge >= 0.3 is 51.4 Å². The van der Waals surface area contributed by atoms with E-state index in [9.17, 15) is 0 Å². The number of hydrogen-bond acceptors (Lipinski definition) is 1. The predicted octanol–water partition coefficient (Wildman–Crippen LogP) is -1.31. The fraction of sp³-hybridized carbons (Fsp3) is 0.800. The SMILES string of the molecule is [CH2-]C(C)(C)C.[K+].[OH-]. The monoisotopic (exact) mass is 127 g/mol. The van der Waals surface area contributed by atoms with Crippen LogP contribution in [0.1, 0.15) is 20.8 Å². The van der Waals surface area contributed by atoms with Crippen LogP contribution in [-0.2, 0) is 0 Å². The van der Waals surface area contributed by atoms with Gasteiger partial charge in [-0.15, -0.1) is 0 Å². The van der Waals surface area contributed by atoms with E-state index in [1.54, 1.807) is 0 Å². The van der Waals surface area contributed by atoms with Gasteiger partial charge < -0.3 is 12.4 Å². The molecule has 0 aromatic rings. The van der Waals surface area contributed by atoms with Crippen LogP contribution in [0, 0.1) is 12.3 Å². The topological polar surface area (TPSA) is 30.0 Å². The van der Waals surface area contributed by atoms with Crippen molar-refractivity contribution in [3.05, 3.63) is 6.92 Å². The fourth-order valence-electron chi connectivity index (χ4n) is 0. The van der Waals surface area contributed by atoms with E-state index in [0.29, 0.717) is 0 Å². The van der Waals surface area contributed by atoms with Gasteiger partial charge in [0.05, 0.1) is 0 Å². The van der Waals surface area contributed by atoms with Gasteiger partial charge in [0.2, 0.25) is 0 Å². The van der Waals surface area contributed by atoms with Gasteiger partial charge in [-0.3, -0.25) is 0 Å². The summed E-state index contributed by atoms with van der Waals surface area (Å²) in [5, 5.41) is 0. The second kappa shape index (κ2) is 5.73. The molecule has 0 radical (unpaired) electrons. The smallest absolute Gasteiger partial charge is 0.870 e. The molecule has 0 aliphatic rings. The summed E-state index contributed by atoms with van der Waals surface area (Å²) in [5.41, 5.74) is 0.250. The molecule has 2 heteroatoms. The molecule has 0 unspecified atom stereocenters. The average molecular weight is 127 g/mol. The molecule has 0 atom stereocenters. The van der Waals surface area contributed by atoms with Gasteiger partial charge in [-0.05, 0) is 0 Å². The van der Waals surface area contributed by atoms with Crippen molar-refractivity contribution in [3.8, 4) is 0 Å². The summed E-state index contributed by atoms with van der Waals surface area (Å²) < 4.78 is 0. The molecular weight excluding hydrogens is 115 g/mol. The average Bonchev–Trinajstić information content (AvgIpc) is 0.722. The molecule has 0 saturated carbocycles. The summed E-state index contributed by atoms with van der Waals surface area (Å²) in [6.07, 6.45) is 0. The first-order valence-electron chi connectivity index (χ1n) is 1.85. The zero-order valence-electron chi connectivity index (χ0n) is 5.65. The van der Waals surface area contributed by atoms with Gasteiger partial charge in [-0.25, -0.2) is 0 Å². The first kappa shape index (κ1) is 15.8. The van der Waals surface area contributed by atoms with E-state index in [1.807, 2.05) is 0 Å². The summed E-state index contributed by atoms with van der Waals surface area (Å²) in [6.45, 7) is 10.0. The predicted molar refractivity (Wildman–Crippen MR) is 26.7 cm³/mol. The Bertz CT molecular complexity index is 23.6. The van der Waals surface area contributed by atoms with Gasteiger partial charge in [0.15, 0.2) is 0 Å². The number of rotatable bonds is 0. The first-order valence-corrected chi connectivity index (χ1v) is 1.85. The van der Waals surface area contributed by atoms with Crippen LogP contribution in [0.15, 0.2) is 0 Å². The molecule has 0 heterocycles. The molecule has 0 aliphatic heterocycles. The van der Waals surface area contributed by atoms with Gasteiger partial charge in [0.25, 0.3) is 0 Å². The minimum absolute atomic E-state index is 0. The minimum atomic E-state index is 0. The van der Waals surface area contributed by atoms with Crippen LogP contribution in [0.3, 0.4) is 0 Å². The molecule has 1 nitrogen and oxygen atoms in total. The van der Waals surface area contributed by atoms with Crippen molar-refractivity contribution in [2.75, 3.05) is 0 Å². The standard InChI is InChI=1S/C5H11.K.H2O/c1-5(2,3)4;;/h1H2,2-4H3;;1H2/q-1;+1;/p-1. The maximum Gasteiger partial charge on any atom is 1.00 e. The molecule has 0 rings (SSSR count). The van der Waals surface area contributed by atoms with Crippen LogP contribution in [0.5, 0.6) is 0 Å². The third-order valence-electron chi connectivity index (χ3n) is 0. The van der Waals surface area contributed by atoms with Crippen molar-refractivity contribution in [1.82, 2.24) is 0 Å². The quantitative estimate of drug-likeness (QED) is 0.294. The third-order valence-corrected chi connectivity index (χ3v) is 0. The van der Waals surface area contributed by atoms with Crippen molar-refractivity contribution >= 4 is 0 Å². The Hall–Kier alpha value is 1.60. The van der Waals surface area contributed by atoms with Gasteiger partial charge in [-0.2, -0.15) is 5.41 Å². The summed E-state index contributed by atoms with van der Waals surface area (Å²) in [5.74, 6) is 0. The Balaban J connectivity index is -0.0000000800. The molecule has 0 aromatic carbocycles. The maximum atomic E-state index is 3.77. The largest absolute Gasteiger partial charge is 1.00 e. The van der Waals surface area contributed by atoms with Crippen LogP contribution in [0.4, 0.5) is 0 Å². The van der Waals surface area contributed by atoms with E-state index in [-0.39, 0.29) is 62.3 Å². The molecule has 0 amide bonds. The van der Waals surface area contributed by atoms with Gasteiger partial charge in [0, 0.05) is 0 Å².